The highest BCUT2D eigenvalue weighted by atomic mass is 35.5. The number of sulfonamides is 2. The zero-order valence-electron chi connectivity index (χ0n) is 39.0. The Morgan fingerprint density at radius 2 is 0.986 bits per heavy atom. The number of aromatic nitrogens is 8. The van der Waals surface area contributed by atoms with Gasteiger partial charge in [-0.3, -0.25) is 19.6 Å². The quantitative estimate of drug-likeness (QED) is 0.101. The summed E-state index contributed by atoms with van der Waals surface area (Å²) in [4.78, 5) is 59.5. The molecule has 2 saturated heterocycles. The van der Waals surface area contributed by atoms with Crippen LogP contribution in [-0.2, 0) is 42.5 Å². The molecule has 0 spiro atoms. The number of carbonyl (C=O) groups is 2. The normalized spacial score (nSPS) is 20.5. The summed E-state index contributed by atoms with van der Waals surface area (Å²) in [5, 5.41) is -0.415. The summed E-state index contributed by atoms with van der Waals surface area (Å²) in [7, 11) is -8.49. The van der Waals surface area contributed by atoms with Crippen molar-refractivity contribution in [2.24, 2.45) is 0 Å². The monoisotopic (exact) mass is 1030 g/mol. The highest BCUT2D eigenvalue weighted by Gasteiger charge is 2.50. The first kappa shape index (κ1) is 54.3. The zero-order valence-corrected chi connectivity index (χ0v) is 41.4. The number of ketones is 2. The number of carbonyl (C=O) groups excluding carboxylic acids is 2. The van der Waals surface area contributed by atoms with E-state index in [4.69, 9.17) is 11.6 Å². The fourth-order valence-electron chi connectivity index (χ4n) is 8.36. The van der Waals surface area contributed by atoms with Gasteiger partial charge in [-0.05, 0) is 113 Å². The molecule has 0 unspecified atom stereocenters. The molecule has 16 nitrogen and oxygen atoms in total. The number of pyridine rings is 4. The van der Waals surface area contributed by atoms with Crippen molar-refractivity contribution in [1.82, 2.24) is 48.5 Å². The van der Waals surface area contributed by atoms with Crippen LogP contribution in [0.2, 0.25) is 5.02 Å². The minimum atomic E-state index is -4.30. The Bertz CT molecular complexity index is 2880. The Kier molecular flexibility index (Phi) is 17.3. The Morgan fingerprint density at radius 1 is 0.592 bits per heavy atom. The average Bonchev–Trinajstić information content (AvgIpc) is 3.82. The van der Waals surface area contributed by atoms with Crippen LogP contribution in [0.5, 0.6) is 0 Å². The lowest BCUT2D eigenvalue weighted by molar-refractivity contribution is -0.123. The molecule has 2 aliphatic rings. The van der Waals surface area contributed by atoms with Gasteiger partial charge in [0.25, 0.3) is 20.0 Å². The van der Waals surface area contributed by atoms with Gasteiger partial charge in [0.2, 0.25) is 0 Å². The third kappa shape index (κ3) is 12.2. The molecule has 8 rings (SSSR count). The van der Waals surface area contributed by atoms with E-state index < -0.39 is 67.4 Å². The van der Waals surface area contributed by atoms with Crippen LogP contribution in [0.1, 0.15) is 80.9 Å². The van der Waals surface area contributed by atoms with E-state index in [-0.39, 0.29) is 54.7 Å². The lowest BCUT2D eigenvalue weighted by Crippen LogP contribution is -2.45. The maximum Gasteiger partial charge on any atom is 0.261 e. The van der Waals surface area contributed by atoms with Gasteiger partial charge in [0.1, 0.15) is 29.8 Å². The van der Waals surface area contributed by atoms with Gasteiger partial charge in [0, 0.05) is 80.2 Å². The molecule has 22 heteroatoms. The SMILES string of the molecule is C.Cc1ncc(-c2cc(CCC(=O)[C@@H]3C[C@@H](F)[C@H](C)N3S(=O)(=O)c3ccc(Cl)cn3)c(C)cn2)cn1.Cc1ncc(-c2cc(CCC(=O)[C@@H]3C[C@@H](F)[C@H](C)N3S(=O)(=O)c3ccc(F)cn3)c(C)cn2)cn1. The number of Topliss-reactive ketones (excluding diaryl/α,β-unsaturated/α-hetero) is 2. The van der Waals surface area contributed by atoms with Gasteiger partial charge >= 0.3 is 0 Å². The second-order valence-electron chi connectivity index (χ2n) is 17.3. The van der Waals surface area contributed by atoms with Crippen LogP contribution in [0.15, 0.2) is 96.0 Å². The van der Waals surface area contributed by atoms with Crippen LogP contribution in [-0.4, -0.2) is 113 Å². The van der Waals surface area contributed by atoms with Gasteiger partial charge in [-0.2, -0.15) is 8.61 Å². The highest BCUT2D eigenvalue weighted by Crippen LogP contribution is 2.36. The second kappa shape index (κ2) is 22.6. The Hall–Kier alpha value is -6.00. The van der Waals surface area contributed by atoms with Gasteiger partial charge in [-0.25, -0.2) is 59.9 Å². The zero-order chi connectivity index (χ0) is 50.7. The second-order valence-corrected chi connectivity index (χ2v) is 21.3. The maximum absolute atomic E-state index is 14.7. The molecule has 0 saturated carbocycles. The first-order chi connectivity index (χ1) is 33.1. The molecular formula is C49H54ClF3N10O6S2. The fourth-order valence-corrected chi connectivity index (χ4v) is 12.0. The number of hydrogen-bond donors (Lipinski definition) is 0. The van der Waals surface area contributed by atoms with E-state index in [9.17, 15) is 39.6 Å². The van der Waals surface area contributed by atoms with Crippen molar-refractivity contribution >= 4 is 43.2 Å². The van der Waals surface area contributed by atoms with Gasteiger partial charge in [-0.1, -0.05) is 19.0 Å². The summed E-state index contributed by atoms with van der Waals surface area (Å²) in [6.45, 7) is 10.2. The van der Waals surface area contributed by atoms with Crippen LogP contribution in [0.3, 0.4) is 0 Å². The lowest BCUT2D eigenvalue weighted by Gasteiger charge is -2.26. The molecule has 0 aliphatic carbocycles. The molecular weight excluding hydrogens is 981 g/mol. The van der Waals surface area contributed by atoms with E-state index in [1.54, 1.807) is 51.0 Å². The summed E-state index contributed by atoms with van der Waals surface area (Å²) in [6.07, 6.45) is 9.49. The topological polar surface area (TPSA) is 212 Å². The van der Waals surface area contributed by atoms with Gasteiger partial charge in [0.05, 0.1) is 46.8 Å². The number of aryl methyl sites for hydroxylation is 6. The molecule has 71 heavy (non-hydrogen) atoms. The number of nitrogens with zero attached hydrogens (tertiary/aromatic N) is 10. The number of alkyl halides is 2. The smallest absolute Gasteiger partial charge is 0.261 e. The summed E-state index contributed by atoms with van der Waals surface area (Å²) in [5.74, 6) is -0.139. The van der Waals surface area contributed by atoms with E-state index in [0.717, 1.165) is 60.3 Å². The Labute approximate surface area is 416 Å². The summed E-state index contributed by atoms with van der Waals surface area (Å²) in [5.41, 5.74) is 6.34. The van der Waals surface area contributed by atoms with E-state index >= 15 is 0 Å². The molecule has 0 N–H and O–H groups in total. The minimum Gasteiger partial charge on any atom is -0.298 e. The minimum absolute atomic E-state index is 0. The largest absolute Gasteiger partial charge is 0.298 e. The molecule has 0 aromatic carbocycles. The van der Waals surface area contributed by atoms with E-state index in [1.807, 2.05) is 26.0 Å². The van der Waals surface area contributed by atoms with Crippen LogP contribution < -0.4 is 0 Å². The van der Waals surface area contributed by atoms with Crippen molar-refractivity contribution < 1.29 is 39.6 Å². The maximum atomic E-state index is 14.7. The van der Waals surface area contributed by atoms with Crippen LogP contribution in [0, 0.1) is 33.5 Å². The molecule has 0 radical (unpaired) electrons. The molecule has 2 fully saturated rings. The third-order valence-corrected chi connectivity index (χ3v) is 16.5. The van der Waals surface area contributed by atoms with E-state index in [1.165, 1.54) is 32.2 Å². The van der Waals surface area contributed by atoms with Crippen LogP contribution in [0.25, 0.3) is 22.5 Å². The predicted molar refractivity (Wildman–Crippen MR) is 260 cm³/mol. The molecule has 6 aromatic rings. The van der Waals surface area contributed by atoms with Gasteiger partial charge in [-0.15, -0.1) is 0 Å². The fraction of sp³-hybridized carbons (Fsp3) is 0.388. The number of halogens is 4. The van der Waals surface area contributed by atoms with Crippen LogP contribution in [0.4, 0.5) is 13.2 Å². The highest BCUT2D eigenvalue weighted by molar-refractivity contribution is 7.89. The first-order valence-corrected chi connectivity index (χ1v) is 25.5. The first-order valence-electron chi connectivity index (χ1n) is 22.3. The summed E-state index contributed by atoms with van der Waals surface area (Å²) < 4.78 is 97.2. The Morgan fingerprint density at radius 3 is 1.35 bits per heavy atom. The molecule has 8 heterocycles. The molecule has 6 aromatic heterocycles. The lowest BCUT2D eigenvalue weighted by atomic mass is 9.99. The van der Waals surface area contributed by atoms with Crippen molar-refractivity contribution in [2.45, 2.75) is 134 Å². The molecule has 2 aliphatic heterocycles. The third-order valence-electron chi connectivity index (χ3n) is 12.5. The average molecular weight is 1040 g/mol. The molecule has 0 amide bonds. The predicted octanol–water partition coefficient (Wildman–Crippen LogP) is 7.91. The summed E-state index contributed by atoms with van der Waals surface area (Å²) >= 11 is 5.83. The van der Waals surface area contributed by atoms with Crippen molar-refractivity contribution in [3.63, 3.8) is 0 Å². The molecule has 6 atom stereocenters. The Balaban J connectivity index is 0.000000229. The van der Waals surface area contributed by atoms with E-state index in [0.29, 0.717) is 35.9 Å². The molecule has 0 bridgehead atoms. The van der Waals surface area contributed by atoms with Gasteiger partial charge in [0.15, 0.2) is 21.6 Å². The van der Waals surface area contributed by atoms with Crippen LogP contribution >= 0.6 is 11.6 Å². The van der Waals surface area contributed by atoms with E-state index in [2.05, 4.69) is 39.9 Å². The number of rotatable bonds is 14. The molecule has 376 valence electrons. The van der Waals surface area contributed by atoms with Crippen molar-refractivity contribution in [1.29, 1.82) is 0 Å². The summed E-state index contributed by atoms with van der Waals surface area (Å²) in [6, 6.07) is 4.07. The van der Waals surface area contributed by atoms with Gasteiger partial charge < -0.3 is 0 Å². The standard InChI is InChI=1S/C24H25ClFN5O3S.C24H25F2N5O3S.CH4/c2*1-14-10-29-21(18-11-27-16(3)28-12-18)8-17(14)4-6-23(32)22-9-20(26)15(2)31(22)35(33,34)24-7-5-19(25)13-30-24;/h2*5,7-8,10-13,15,20,22H,4,6,9H2,1-3H3;1H4/t2*15-,20+,22-;/m00./s1. The number of hydrogen-bond acceptors (Lipinski definition) is 14. The van der Waals surface area contributed by atoms with Crippen molar-refractivity contribution in [3.8, 4) is 22.5 Å². The van der Waals surface area contributed by atoms with Crippen molar-refractivity contribution in [2.75, 3.05) is 0 Å². The van der Waals surface area contributed by atoms with Crippen molar-refractivity contribution in [3.05, 3.63) is 131 Å².